The monoisotopic (exact) mass is 229 g/mol. The molecule has 0 aliphatic heterocycles. The largest absolute Gasteiger partial charge is 0.514 e. The molecule has 1 aromatic rings. The summed E-state index contributed by atoms with van der Waals surface area (Å²) in [6, 6.07) is 3.07. The smallest absolute Gasteiger partial charge is 0.428 e. The van der Waals surface area contributed by atoms with Gasteiger partial charge in [0.2, 0.25) is 0 Å². The molecule has 0 N–H and O–H groups in total. The number of halogens is 1. The fourth-order valence-corrected chi connectivity index (χ4v) is 0.901. The van der Waals surface area contributed by atoms with E-state index in [1.165, 1.54) is 12.3 Å². The van der Waals surface area contributed by atoms with Gasteiger partial charge in [0.05, 0.1) is 6.20 Å². The molecule has 0 bridgehead atoms. The highest BCUT2D eigenvalue weighted by Crippen LogP contribution is 2.14. The molecule has 0 saturated heterocycles. The van der Waals surface area contributed by atoms with Gasteiger partial charge in [0.1, 0.15) is 10.8 Å². The van der Waals surface area contributed by atoms with Gasteiger partial charge in [-0.05, 0) is 32.9 Å². The van der Waals surface area contributed by atoms with E-state index in [1.54, 1.807) is 26.8 Å². The zero-order chi connectivity index (χ0) is 11.5. The van der Waals surface area contributed by atoms with Crippen molar-refractivity contribution in [3.63, 3.8) is 0 Å². The Kier molecular flexibility index (Phi) is 3.52. The van der Waals surface area contributed by atoms with Crippen LogP contribution in [0.15, 0.2) is 18.3 Å². The van der Waals surface area contributed by atoms with Crippen LogP contribution in [0.2, 0.25) is 5.15 Å². The lowest BCUT2D eigenvalue weighted by molar-refractivity contribution is 0.0205. The Balaban J connectivity index is 2.55. The lowest BCUT2D eigenvalue weighted by Crippen LogP contribution is -2.25. The fourth-order valence-electron chi connectivity index (χ4n) is 0.790. The molecule has 0 saturated carbocycles. The van der Waals surface area contributed by atoms with Gasteiger partial charge in [-0.1, -0.05) is 11.6 Å². The SMILES string of the molecule is CC(C)(C)OC(=O)Oc1ccc(Cl)nc1. The topological polar surface area (TPSA) is 48.4 Å². The van der Waals surface area contributed by atoms with Gasteiger partial charge in [-0.3, -0.25) is 0 Å². The van der Waals surface area contributed by atoms with Gasteiger partial charge in [-0.25, -0.2) is 9.78 Å². The molecule has 82 valence electrons. The molecule has 0 fully saturated rings. The molecule has 1 heterocycles. The minimum atomic E-state index is -0.758. The zero-order valence-corrected chi connectivity index (χ0v) is 9.54. The second kappa shape index (κ2) is 4.49. The first-order chi connectivity index (χ1) is 6.87. The van der Waals surface area contributed by atoms with Crippen LogP contribution in [0.4, 0.5) is 4.79 Å². The summed E-state index contributed by atoms with van der Waals surface area (Å²) < 4.78 is 9.81. The average molecular weight is 230 g/mol. The van der Waals surface area contributed by atoms with Crippen molar-refractivity contribution in [3.8, 4) is 5.75 Å². The molecular formula is C10H12ClNO3. The fraction of sp³-hybridized carbons (Fsp3) is 0.400. The van der Waals surface area contributed by atoms with Crippen LogP contribution in [0.1, 0.15) is 20.8 Å². The molecule has 0 aliphatic rings. The summed E-state index contributed by atoms with van der Waals surface area (Å²) in [7, 11) is 0. The van der Waals surface area contributed by atoms with E-state index in [9.17, 15) is 4.79 Å². The van der Waals surface area contributed by atoms with Crippen LogP contribution < -0.4 is 4.74 Å². The molecule has 0 spiro atoms. The molecule has 0 atom stereocenters. The van der Waals surface area contributed by atoms with Crippen molar-refractivity contribution < 1.29 is 14.3 Å². The average Bonchev–Trinajstić information content (AvgIpc) is 2.05. The van der Waals surface area contributed by atoms with Gasteiger partial charge < -0.3 is 9.47 Å². The van der Waals surface area contributed by atoms with E-state index in [0.717, 1.165) is 0 Å². The van der Waals surface area contributed by atoms with E-state index >= 15 is 0 Å². The van der Waals surface area contributed by atoms with E-state index in [1.807, 2.05) is 0 Å². The molecule has 0 aromatic carbocycles. The van der Waals surface area contributed by atoms with Gasteiger partial charge in [-0.2, -0.15) is 0 Å². The van der Waals surface area contributed by atoms with Crippen molar-refractivity contribution in [1.29, 1.82) is 0 Å². The molecule has 0 unspecified atom stereocenters. The number of carbonyl (C=O) groups excluding carboxylic acids is 1. The van der Waals surface area contributed by atoms with E-state index in [-0.39, 0.29) is 0 Å². The Morgan fingerprint density at radius 1 is 1.40 bits per heavy atom. The van der Waals surface area contributed by atoms with Gasteiger partial charge in [0.15, 0.2) is 5.75 Å². The maximum atomic E-state index is 11.2. The Morgan fingerprint density at radius 3 is 2.53 bits per heavy atom. The van der Waals surface area contributed by atoms with Crippen LogP contribution in [0.3, 0.4) is 0 Å². The lowest BCUT2D eigenvalue weighted by atomic mass is 10.2. The first-order valence-electron chi connectivity index (χ1n) is 4.39. The minimum Gasteiger partial charge on any atom is -0.428 e. The highest BCUT2D eigenvalue weighted by Gasteiger charge is 2.17. The number of hydrogen-bond donors (Lipinski definition) is 0. The highest BCUT2D eigenvalue weighted by atomic mass is 35.5. The molecule has 15 heavy (non-hydrogen) atoms. The Morgan fingerprint density at radius 2 is 2.07 bits per heavy atom. The number of hydrogen-bond acceptors (Lipinski definition) is 4. The summed E-state index contributed by atoms with van der Waals surface area (Å²) in [5.74, 6) is 0.300. The van der Waals surface area contributed by atoms with E-state index in [2.05, 4.69) is 4.98 Å². The number of aromatic nitrogens is 1. The van der Waals surface area contributed by atoms with Gasteiger partial charge in [-0.15, -0.1) is 0 Å². The predicted octanol–water partition coefficient (Wildman–Crippen LogP) is 3.05. The molecular weight excluding hydrogens is 218 g/mol. The third-order valence-corrected chi connectivity index (χ3v) is 1.51. The summed E-state index contributed by atoms with van der Waals surface area (Å²) >= 11 is 5.57. The summed E-state index contributed by atoms with van der Waals surface area (Å²) in [4.78, 5) is 15.0. The van der Waals surface area contributed by atoms with Crippen LogP contribution in [-0.2, 0) is 4.74 Å². The zero-order valence-electron chi connectivity index (χ0n) is 8.78. The third kappa shape index (κ3) is 4.65. The molecule has 0 aliphatic carbocycles. The Hall–Kier alpha value is -1.29. The van der Waals surface area contributed by atoms with Crippen LogP contribution in [0, 0.1) is 0 Å². The first kappa shape index (κ1) is 11.8. The van der Waals surface area contributed by atoms with Gasteiger partial charge in [0.25, 0.3) is 0 Å². The number of carbonyl (C=O) groups is 1. The second-order valence-electron chi connectivity index (χ2n) is 3.88. The van der Waals surface area contributed by atoms with Crippen LogP contribution in [0.25, 0.3) is 0 Å². The number of pyridine rings is 1. The normalized spacial score (nSPS) is 10.9. The number of nitrogens with zero attached hydrogens (tertiary/aromatic N) is 1. The minimum absolute atomic E-state index is 0.300. The number of rotatable bonds is 1. The summed E-state index contributed by atoms with van der Waals surface area (Å²) in [6.07, 6.45) is 0.596. The van der Waals surface area contributed by atoms with Crippen molar-refractivity contribution >= 4 is 17.8 Å². The van der Waals surface area contributed by atoms with Crippen molar-refractivity contribution in [2.45, 2.75) is 26.4 Å². The molecule has 4 nitrogen and oxygen atoms in total. The van der Waals surface area contributed by atoms with Crippen LogP contribution in [0.5, 0.6) is 5.75 Å². The van der Waals surface area contributed by atoms with E-state index in [0.29, 0.717) is 10.9 Å². The van der Waals surface area contributed by atoms with Crippen molar-refractivity contribution in [1.82, 2.24) is 4.98 Å². The standard InChI is InChI=1S/C10H12ClNO3/c1-10(2,3)15-9(13)14-7-4-5-8(11)12-6-7/h4-6H,1-3H3. The molecule has 0 radical (unpaired) electrons. The van der Waals surface area contributed by atoms with Crippen LogP contribution >= 0.6 is 11.6 Å². The molecule has 5 heteroatoms. The van der Waals surface area contributed by atoms with Gasteiger partial charge in [0, 0.05) is 0 Å². The van der Waals surface area contributed by atoms with Crippen molar-refractivity contribution in [2.24, 2.45) is 0 Å². The molecule has 0 amide bonds. The lowest BCUT2D eigenvalue weighted by Gasteiger charge is -2.18. The number of ether oxygens (including phenoxy) is 2. The molecule has 1 aromatic heterocycles. The second-order valence-corrected chi connectivity index (χ2v) is 4.27. The first-order valence-corrected chi connectivity index (χ1v) is 4.77. The maximum absolute atomic E-state index is 11.2. The van der Waals surface area contributed by atoms with E-state index < -0.39 is 11.8 Å². The van der Waals surface area contributed by atoms with Gasteiger partial charge >= 0.3 is 6.16 Å². The van der Waals surface area contributed by atoms with E-state index in [4.69, 9.17) is 21.1 Å². The maximum Gasteiger partial charge on any atom is 0.514 e. The van der Waals surface area contributed by atoms with Crippen LogP contribution in [-0.4, -0.2) is 16.7 Å². The highest BCUT2D eigenvalue weighted by molar-refractivity contribution is 6.29. The summed E-state index contributed by atoms with van der Waals surface area (Å²) in [5.41, 5.74) is -0.572. The molecule has 1 rings (SSSR count). The van der Waals surface area contributed by atoms with Crippen molar-refractivity contribution in [2.75, 3.05) is 0 Å². The third-order valence-electron chi connectivity index (χ3n) is 1.29. The Labute approximate surface area is 93.2 Å². The predicted molar refractivity (Wildman–Crippen MR) is 56.1 cm³/mol. The summed E-state index contributed by atoms with van der Waals surface area (Å²) in [6.45, 7) is 5.27. The summed E-state index contributed by atoms with van der Waals surface area (Å²) in [5, 5.41) is 0.339. The quantitative estimate of drug-likeness (QED) is 0.549. The Bertz CT molecular complexity index is 343. The van der Waals surface area contributed by atoms with Crippen molar-refractivity contribution in [3.05, 3.63) is 23.5 Å².